The second kappa shape index (κ2) is 12.3. The molecular formula is C30H35F4N5O5. The van der Waals surface area contributed by atoms with E-state index in [0.717, 1.165) is 44.5 Å². The Kier molecular flexibility index (Phi) is 8.87. The minimum atomic E-state index is -4.97. The number of piperidine rings is 2. The molecule has 5 rings (SSSR count). The number of alkyl halides is 3. The van der Waals surface area contributed by atoms with Crippen LogP contribution in [0, 0.1) is 12.7 Å². The van der Waals surface area contributed by atoms with Gasteiger partial charge in [0.05, 0.1) is 39.4 Å². The van der Waals surface area contributed by atoms with E-state index in [0.29, 0.717) is 6.54 Å². The number of β-amino-alcohol motifs (C(OH)–C–C–N with tert-alkyl or cyclic N) is 1. The third-order valence-corrected chi connectivity index (χ3v) is 8.39. The lowest BCUT2D eigenvalue weighted by Gasteiger charge is -2.42. The highest BCUT2D eigenvalue weighted by atomic mass is 19.4. The Morgan fingerprint density at radius 3 is 2.45 bits per heavy atom. The van der Waals surface area contributed by atoms with Crippen molar-refractivity contribution in [1.29, 1.82) is 0 Å². The van der Waals surface area contributed by atoms with Crippen molar-refractivity contribution in [2.75, 3.05) is 57.1 Å². The first-order chi connectivity index (χ1) is 20.8. The first kappa shape index (κ1) is 31.7. The number of aryl methyl sites for hydroxylation is 1. The number of ether oxygens (including phenoxy) is 1. The van der Waals surface area contributed by atoms with Crippen LogP contribution in [0.4, 0.5) is 28.9 Å². The van der Waals surface area contributed by atoms with Crippen LogP contribution in [0.15, 0.2) is 12.1 Å². The number of nitrogens with zero attached hydrogens (tertiary/aromatic N) is 2. The number of aliphatic hydroxyl groups is 1. The molecule has 0 radical (unpaired) electrons. The zero-order chi connectivity index (χ0) is 31.8. The van der Waals surface area contributed by atoms with Gasteiger partial charge in [0.15, 0.2) is 0 Å². The molecule has 1 aromatic carbocycles. The maximum Gasteiger partial charge on any atom is 0.419 e. The smallest absolute Gasteiger partial charge is 0.388 e. The predicted octanol–water partition coefficient (Wildman–Crippen LogP) is 4.01. The van der Waals surface area contributed by atoms with Crippen molar-refractivity contribution >= 4 is 40.7 Å². The van der Waals surface area contributed by atoms with E-state index in [2.05, 4.69) is 20.5 Å². The Morgan fingerprint density at radius 2 is 1.82 bits per heavy atom. The highest BCUT2D eigenvalue weighted by Gasteiger charge is 2.43. The molecule has 0 spiro atoms. The molecule has 3 aliphatic rings. The van der Waals surface area contributed by atoms with E-state index in [1.807, 2.05) is 0 Å². The number of aromatic amines is 1. The topological polar surface area (TPSA) is 127 Å². The number of amides is 3. The largest absolute Gasteiger partial charge is 0.419 e. The van der Waals surface area contributed by atoms with Gasteiger partial charge in [-0.25, -0.2) is 4.39 Å². The molecule has 238 valence electrons. The Morgan fingerprint density at radius 1 is 1.14 bits per heavy atom. The van der Waals surface area contributed by atoms with Gasteiger partial charge in [-0.3, -0.25) is 14.4 Å². The molecule has 2 fully saturated rings. The first-order valence-electron chi connectivity index (χ1n) is 14.5. The van der Waals surface area contributed by atoms with Crippen LogP contribution in [0.5, 0.6) is 0 Å². The number of anilines is 2. The van der Waals surface area contributed by atoms with Gasteiger partial charge in [0.1, 0.15) is 12.4 Å². The summed E-state index contributed by atoms with van der Waals surface area (Å²) in [6, 6.07) is 2.11. The fourth-order valence-corrected chi connectivity index (χ4v) is 6.21. The van der Waals surface area contributed by atoms with Gasteiger partial charge in [0.25, 0.3) is 11.8 Å². The zero-order valence-corrected chi connectivity index (χ0v) is 24.5. The van der Waals surface area contributed by atoms with E-state index in [1.54, 1.807) is 0 Å². The number of fused-ring (bicyclic) bond motifs is 1. The van der Waals surface area contributed by atoms with Crippen LogP contribution in [-0.2, 0) is 20.5 Å². The molecule has 0 unspecified atom stereocenters. The second-order valence-electron chi connectivity index (χ2n) is 11.6. The van der Waals surface area contributed by atoms with Gasteiger partial charge in [-0.1, -0.05) is 6.42 Å². The summed E-state index contributed by atoms with van der Waals surface area (Å²) < 4.78 is 63.1. The molecule has 10 nitrogen and oxygen atoms in total. The average Bonchev–Trinajstić information content (AvgIpc) is 3.44. The number of nitrogens with one attached hydrogen (secondary N) is 3. The summed E-state index contributed by atoms with van der Waals surface area (Å²) in [7, 11) is 1.29. The van der Waals surface area contributed by atoms with E-state index >= 15 is 0 Å². The highest BCUT2D eigenvalue weighted by molar-refractivity contribution is 6.35. The molecule has 14 heteroatoms. The lowest BCUT2D eigenvalue weighted by atomic mass is 9.89. The lowest BCUT2D eigenvalue weighted by Crippen LogP contribution is -2.53. The zero-order valence-electron chi connectivity index (χ0n) is 24.5. The number of likely N-dealkylation sites (tertiary alicyclic amines) is 2. The number of carbonyl (C=O) groups excluding carboxylic acids is 3. The molecule has 4 heterocycles. The molecule has 3 aliphatic heterocycles. The number of hydrogen-bond acceptors (Lipinski definition) is 6. The summed E-state index contributed by atoms with van der Waals surface area (Å²) in [4.78, 5) is 44.3. The fraction of sp³-hybridized carbons (Fsp3) is 0.500. The van der Waals surface area contributed by atoms with Gasteiger partial charge in [-0.05, 0) is 63.9 Å². The van der Waals surface area contributed by atoms with Crippen molar-refractivity contribution in [3.63, 3.8) is 0 Å². The molecule has 0 saturated carbocycles. The Hall–Kier alpha value is -3.75. The van der Waals surface area contributed by atoms with Gasteiger partial charge in [0, 0.05) is 38.0 Å². The number of halogens is 4. The quantitative estimate of drug-likeness (QED) is 0.274. The normalized spacial score (nSPS) is 19.7. The number of hydrogen-bond donors (Lipinski definition) is 4. The lowest BCUT2D eigenvalue weighted by molar-refractivity contribution is -0.138. The highest BCUT2D eigenvalue weighted by Crippen LogP contribution is 2.41. The third kappa shape index (κ3) is 6.52. The van der Waals surface area contributed by atoms with Crippen LogP contribution in [0.25, 0.3) is 11.6 Å². The molecule has 0 atom stereocenters. The molecule has 44 heavy (non-hydrogen) atoms. The maximum absolute atomic E-state index is 14.8. The average molecular weight is 622 g/mol. The third-order valence-electron chi connectivity index (χ3n) is 8.39. The van der Waals surface area contributed by atoms with Gasteiger partial charge in [-0.2, -0.15) is 13.2 Å². The summed E-state index contributed by atoms with van der Waals surface area (Å²) in [6.45, 7) is 3.45. The number of carbonyl (C=O) groups is 3. The van der Waals surface area contributed by atoms with Crippen molar-refractivity contribution in [2.24, 2.45) is 0 Å². The predicted molar refractivity (Wildman–Crippen MR) is 154 cm³/mol. The molecule has 4 N–H and O–H groups in total. The minimum absolute atomic E-state index is 0.00508. The van der Waals surface area contributed by atoms with E-state index < -0.39 is 52.1 Å². The Bertz CT molecular complexity index is 1490. The van der Waals surface area contributed by atoms with E-state index in [9.17, 15) is 37.1 Å². The Labute approximate surface area is 251 Å². The van der Waals surface area contributed by atoms with E-state index in [-0.39, 0.29) is 60.7 Å². The van der Waals surface area contributed by atoms with Crippen LogP contribution < -0.4 is 10.6 Å². The van der Waals surface area contributed by atoms with E-state index in [4.69, 9.17) is 4.74 Å². The van der Waals surface area contributed by atoms with Crippen molar-refractivity contribution in [1.82, 2.24) is 14.8 Å². The molecule has 2 aromatic rings. The maximum atomic E-state index is 14.8. The van der Waals surface area contributed by atoms with Crippen molar-refractivity contribution in [3.05, 3.63) is 46.0 Å². The SMILES string of the molecule is COCC(=O)Nc1cc2c(cc1F)/C(=C/c1[nH]c(C)c(C(=O)N3CCC(O)(CN4CCCCC4)CC3)c1C(F)(F)F)C(=O)N2. The Balaban J connectivity index is 1.41. The first-order valence-corrected chi connectivity index (χ1v) is 14.5. The minimum Gasteiger partial charge on any atom is -0.388 e. The van der Waals surface area contributed by atoms with Crippen LogP contribution >= 0.6 is 0 Å². The molecule has 2 saturated heterocycles. The molecule has 1 aromatic heterocycles. The summed E-state index contributed by atoms with van der Waals surface area (Å²) in [5, 5.41) is 15.9. The van der Waals surface area contributed by atoms with Gasteiger partial charge in [0.2, 0.25) is 5.91 Å². The van der Waals surface area contributed by atoms with Crippen LogP contribution in [0.1, 0.15) is 65.0 Å². The number of rotatable bonds is 7. The standard InChI is InChI=1S/C30H35F4N5O5/c1-17-25(28(42)39-10-6-29(43,7-11-39)16-38-8-4-3-5-9-38)26(30(32,33)34)23(35-17)13-19-18-12-20(31)22(36-24(40)15-44-2)14-21(18)37-27(19)41/h12-14,35,43H,3-11,15-16H2,1-2H3,(H,36,40)(H,37,41)/b19-13-. The van der Waals surface area contributed by atoms with Gasteiger partial charge < -0.3 is 35.3 Å². The molecule has 0 aliphatic carbocycles. The van der Waals surface area contributed by atoms with Crippen molar-refractivity contribution < 1.29 is 41.8 Å². The summed E-state index contributed by atoms with van der Waals surface area (Å²) in [6.07, 6.45) is -0.265. The van der Waals surface area contributed by atoms with E-state index in [1.165, 1.54) is 25.0 Å². The summed E-state index contributed by atoms with van der Waals surface area (Å²) >= 11 is 0. The number of H-pyrrole nitrogens is 1. The second-order valence-corrected chi connectivity index (χ2v) is 11.6. The van der Waals surface area contributed by atoms with Crippen LogP contribution in [0.2, 0.25) is 0 Å². The van der Waals surface area contributed by atoms with Crippen molar-refractivity contribution in [2.45, 2.75) is 50.8 Å². The number of benzene rings is 1. The monoisotopic (exact) mass is 621 g/mol. The summed E-state index contributed by atoms with van der Waals surface area (Å²) in [5.41, 5.74) is -3.77. The van der Waals surface area contributed by atoms with Crippen LogP contribution in [0.3, 0.4) is 0 Å². The van der Waals surface area contributed by atoms with Gasteiger partial charge >= 0.3 is 6.18 Å². The molecular weight excluding hydrogens is 586 g/mol. The molecule has 0 bridgehead atoms. The number of aromatic nitrogens is 1. The number of methoxy groups -OCH3 is 1. The van der Waals surface area contributed by atoms with Crippen LogP contribution in [-0.4, -0.2) is 89.7 Å². The molecule has 3 amide bonds. The van der Waals surface area contributed by atoms with Crippen molar-refractivity contribution in [3.8, 4) is 0 Å². The fourth-order valence-electron chi connectivity index (χ4n) is 6.21. The van der Waals surface area contributed by atoms with Gasteiger partial charge in [-0.15, -0.1) is 0 Å². The summed E-state index contributed by atoms with van der Waals surface area (Å²) in [5.74, 6) is -3.15.